The van der Waals surface area contributed by atoms with Crippen molar-refractivity contribution in [3.05, 3.63) is 239 Å². The van der Waals surface area contributed by atoms with Crippen LogP contribution in [0.4, 0.5) is 9.59 Å². The number of aryl methyl sites for hydroxylation is 4. The number of hydrogen-bond acceptors (Lipinski definition) is 18. The van der Waals surface area contributed by atoms with Gasteiger partial charge in [-0.3, -0.25) is 0 Å². The summed E-state index contributed by atoms with van der Waals surface area (Å²) in [6, 6.07) is 56.0. The van der Waals surface area contributed by atoms with Gasteiger partial charge in [-0.2, -0.15) is 0 Å². The van der Waals surface area contributed by atoms with E-state index in [9.17, 15) is 48.4 Å². The summed E-state index contributed by atoms with van der Waals surface area (Å²) in [6.45, 7) is 15.0. The summed E-state index contributed by atoms with van der Waals surface area (Å²) in [4.78, 5) is 29.0. The van der Waals surface area contributed by atoms with E-state index in [1.54, 1.807) is 165 Å². The van der Waals surface area contributed by atoms with Crippen molar-refractivity contribution in [2.45, 2.75) is 193 Å². The largest absolute Gasteiger partial charge is 0.444 e. The lowest BCUT2D eigenvalue weighted by Gasteiger charge is -2.28. The molecule has 29 heteroatoms. The third-order valence-electron chi connectivity index (χ3n) is 18.5. The van der Waals surface area contributed by atoms with Gasteiger partial charge in [0.05, 0.1) is 50.6 Å². The third-order valence-corrected chi connectivity index (χ3v) is 26.1. The van der Waals surface area contributed by atoms with Crippen LogP contribution in [0, 0.1) is 0 Å². The monoisotopic (exact) mass is 1710 g/mol. The molecule has 0 saturated heterocycles. The van der Waals surface area contributed by atoms with Gasteiger partial charge in [-0.15, -0.1) is 24.0 Å². The Kier molecular flexibility index (Phi) is 36.8. The van der Waals surface area contributed by atoms with E-state index < -0.39 is 65.9 Å². The van der Waals surface area contributed by atoms with Crippen molar-refractivity contribution in [1.29, 1.82) is 0 Å². The van der Waals surface area contributed by atoms with Gasteiger partial charge in [0.1, 0.15) is 11.2 Å². The molecular weight excluding hydrogens is 1610 g/mol. The molecule has 12 rings (SSSR count). The number of nitrogens with one attached hydrogen (secondary N) is 3. The van der Waals surface area contributed by atoms with E-state index in [2.05, 4.69) is 37.3 Å². The molecule has 0 bridgehead atoms. The Morgan fingerprint density at radius 1 is 0.455 bits per heavy atom. The highest BCUT2D eigenvalue weighted by molar-refractivity contribution is 8.26. The molecule has 20 nitrogen and oxygen atoms in total. The number of nitrogens with two attached hydrogens (primary N) is 1. The highest BCUT2D eigenvalue weighted by Gasteiger charge is 2.30. The van der Waals surface area contributed by atoms with E-state index in [4.69, 9.17) is 31.0 Å². The second kappa shape index (κ2) is 43.8. The standard InChI is InChI=1S/C24H32N2O4S.C19H24N2O2S.C16H15ClO2S.C16H16O3S.C8H18N2O2.Cl2OS.ClH/c1-24(2,3)30-23(27)26(4)16-15-25-22-12-8-9-18-17-20(13-14-21(18)22)31(28,29)19-10-6-5-7-11-19;1-20-12-13-21-19-9-5-6-15-14-17(10-11-18(15)19)24(22,23)16-7-3-2-4-8-16;2*17-16-8-4-5-12-11-14(9-10-15(12)16)20(18,19)13-6-2-1-3-7-13;1-8(2,3)12-7(11)10(4)6-5-9;1-4(2)3;/h5-7,10-11,13-14,17,22,25H,8-9,12,15-16H2,1-4H3;2-4,7-8,10-11,14,19-21H,5-6,9,12-13H2,1H3;1-3,6-7,9-11,16H,4-5,8H2;1-3,6-7,9-11,16-17H,4-5,8H2;5-6,9H2,1-4H3;;1H. The maximum absolute atomic E-state index is 12.9. The average Bonchev–Trinajstić information content (AvgIpc) is 0.801. The van der Waals surface area contributed by atoms with E-state index in [0.717, 1.165) is 129 Å². The number of likely N-dealkylation sites (N-methyl/N-ethyl adjacent to an activating group) is 3. The number of hydrogen-bond donors (Lipinski definition) is 5. The van der Waals surface area contributed by atoms with E-state index in [1.807, 2.05) is 97.1 Å². The predicted octanol–water partition coefficient (Wildman–Crippen LogP) is 16.4. The molecule has 2 amide bonds. The number of nitrogens with zero attached hydrogens (tertiary/aromatic N) is 2. The average molecular weight is 1710 g/mol. The van der Waals surface area contributed by atoms with Gasteiger partial charge in [-0.1, -0.05) is 97.1 Å². The number of halogens is 4. The predicted molar refractivity (Wildman–Crippen MR) is 448 cm³/mol. The highest BCUT2D eigenvalue weighted by atomic mass is 36.0. The number of alkyl halides is 1. The van der Waals surface area contributed by atoms with Crippen LogP contribution in [0.1, 0.15) is 161 Å². The number of rotatable bonds is 18. The van der Waals surface area contributed by atoms with Crippen molar-refractivity contribution in [1.82, 2.24) is 25.8 Å². The van der Waals surface area contributed by atoms with Crippen molar-refractivity contribution in [2.24, 2.45) is 5.73 Å². The molecule has 0 aliphatic heterocycles. The van der Waals surface area contributed by atoms with Crippen molar-refractivity contribution in [3.8, 4) is 0 Å². The van der Waals surface area contributed by atoms with Crippen LogP contribution < -0.4 is 21.7 Å². The first-order valence-corrected chi connectivity index (χ1v) is 46.1. The number of benzene rings is 8. The van der Waals surface area contributed by atoms with Gasteiger partial charge < -0.3 is 46.1 Å². The first-order chi connectivity index (χ1) is 52.5. The summed E-state index contributed by atoms with van der Waals surface area (Å²) < 4.78 is 121. The number of sulfone groups is 4. The molecule has 0 spiro atoms. The van der Waals surface area contributed by atoms with Gasteiger partial charge in [0.2, 0.25) is 48.6 Å². The van der Waals surface area contributed by atoms with Crippen LogP contribution in [-0.4, -0.2) is 137 Å². The van der Waals surface area contributed by atoms with Crippen LogP contribution in [0.3, 0.4) is 0 Å². The van der Waals surface area contributed by atoms with Crippen LogP contribution in [0.15, 0.2) is 233 Å². The Bertz CT molecular complexity index is 4730. The molecule has 610 valence electrons. The van der Waals surface area contributed by atoms with E-state index >= 15 is 0 Å². The molecule has 0 heterocycles. The second-order valence-corrected chi connectivity index (χ2v) is 40.0. The SMILES string of the molecule is CN(CCN)C(=O)OC(C)(C)C.CN(CCNC1CCCc2cc(S(=O)(=O)c3ccccc3)ccc21)C(=O)OC(C)(C)C.CNCCNC1CCCc2cc(S(=O)(=O)c3ccccc3)ccc21.Cl.O=S(=O)(c1ccccc1)c1ccc2c(c1)CCCC2Cl.O=S(=O)(c1ccccc1)c1ccc2c(c1)CCCC2O.O=S(Cl)Cl. The maximum Gasteiger partial charge on any atom is 0.410 e. The lowest BCUT2D eigenvalue weighted by atomic mass is 9.88. The number of carbonyl (C=O) groups is 2. The normalized spacial score (nSPS) is 16.4. The van der Waals surface area contributed by atoms with Crippen molar-refractivity contribution in [3.63, 3.8) is 0 Å². The number of carbonyl (C=O) groups excluding carboxylic acids is 2. The molecule has 4 aliphatic carbocycles. The first-order valence-electron chi connectivity index (χ1n) is 37.0. The number of aliphatic hydroxyl groups excluding tert-OH is 1. The molecule has 0 aromatic heterocycles. The Morgan fingerprint density at radius 2 is 0.750 bits per heavy atom. The third kappa shape index (κ3) is 27.7. The van der Waals surface area contributed by atoms with Crippen LogP contribution in [0.5, 0.6) is 0 Å². The molecule has 8 aromatic carbocycles. The minimum Gasteiger partial charge on any atom is -0.444 e. The zero-order valence-electron chi connectivity index (χ0n) is 64.8. The Labute approximate surface area is 685 Å². The van der Waals surface area contributed by atoms with Crippen LogP contribution in [0.25, 0.3) is 0 Å². The van der Waals surface area contributed by atoms with Gasteiger partial charge in [0.25, 0.3) is 0 Å². The number of ether oxygens (including phenoxy) is 2. The van der Waals surface area contributed by atoms with Crippen molar-refractivity contribution < 1.29 is 62.0 Å². The summed E-state index contributed by atoms with van der Waals surface area (Å²) in [5.74, 6) is 0. The first kappa shape index (κ1) is 94.1. The molecule has 4 aliphatic rings. The molecule has 8 aromatic rings. The molecule has 0 saturated carbocycles. The molecular formula is C83H106Cl4N6O14S5. The minimum atomic E-state index is -3.52. The number of aliphatic hydroxyl groups is 1. The lowest BCUT2D eigenvalue weighted by molar-refractivity contribution is 0.0291. The summed E-state index contributed by atoms with van der Waals surface area (Å²) >= 11 is 6.28. The summed E-state index contributed by atoms with van der Waals surface area (Å²) in [5.41, 5.74) is 12.9. The molecule has 0 radical (unpaired) electrons. The summed E-state index contributed by atoms with van der Waals surface area (Å²) in [6.07, 6.45) is 10.2. The fourth-order valence-electron chi connectivity index (χ4n) is 12.9. The number of fused-ring (bicyclic) bond motifs is 4. The fraction of sp³-hybridized carbons (Fsp3) is 0.398. The topological polar surface area (TPSA) is 295 Å². The summed E-state index contributed by atoms with van der Waals surface area (Å²) in [5, 5.41) is 20.1. The molecule has 4 atom stereocenters. The van der Waals surface area contributed by atoms with E-state index in [0.29, 0.717) is 71.4 Å². The Hall–Kier alpha value is -6.79. The van der Waals surface area contributed by atoms with Gasteiger partial charge in [-0.05, 0) is 267 Å². The van der Waals surface area contributed by atoms with Gasteiger partial charge in [0.15, 0.2) is 0 Å². The van der Waals surface area contributed by atoms with Crippen LogP contribution in [-0.2, 0) is 83.7 Å². The summed E-state index contributed by atoms with van der Waals surface area (Å²) in [7, 11) is -1.17. The van der Waals surface area contributed by atoms with E-state index in [1.165, 1.54) is 10.5 Å². The van der Waals surface area contributed by atoms with Crippen molar-refractivity contribution >= 4 is 106 Å². The molecule has 4 unspecified atom stereocenters. The van der Waals surface area contributed by atoms with Gasteiger partial charge in [-0.25, -0.2) is 47.5 Å². The number of amides is 2. The van der Waals surface area contributed by atoms with Gasteiger partial charge >= 0.3 is 12.2 Å². The van der Waals surface area contributed by atoms with Gasteiger partial charge in [0, 0.05) is 86.8 Å². The Morgan fingerprint density at radius 3 is 1.09 bits per heavy atom. The highest BCUT2D eigenvalue weighted by Crippen LogP contribution is 2.39. The molecule has 112 heavy (non-hydrogen) atoms. The second-order valence-electron chi connectivity index (χ2n) is 29.2. The zero-order chi connectivity index (χ0) is 81.3. The molecule has 0 fully saturated rings. The quantitative estimate of drug-likeness (QED) is 0.0303. The van der Waals surface area contributed by atoms with Crippen LogP contribution in [0.2, 0.25) is 0 Å². The zero-order valence-corrected chi connectivity index (χ0v) is 72.0. The van der Waals surface area contributed by atoms with Crippen LogP contribution >= 0.6 is 45.4 Å². The molecule has 6 N–H and O–H groups in total. The minimum absolute atomic E-state index is 0. The Balaban J connectivity index is 0.000000220. The van der Waals surface area contributed by atoms with E-state index in [-0.39, 0.29) is 36.0 Å². The fourth-order valence-corrected chi connectivity index (χ4v) is 18.6. The smallest absolute Gasteiger partial charge is 0.410 e. The lowest BCUT2D eigenvalue weighted by Crippen LogP contribution is -2.39. The van der Waals surface area contributed by atoms with Crippen molar-refractivity contribution in [2.75, 3.05) is 60.4 Å². The maximum atomic E-state index is 12.9.